The van der Waals surface area contributed by atoms with E-state index in [9.17, 15) is 4.79 Å². The Morgan fingerprint density at radius 2 is 1.79 bits per heavy atom. The van der Waals surface area contributed by atoms with Crippen molar-refractivity contribution < 1.29 is 4.79 Å². The second-order valence-corrected chi connectivity index (χ2v) is 5.19. The molecule has 0 unspecified atom stereocenters. The Balaban J connectivity index is 2.00. The van der Waals surface area contributed by atoms with Gasteiger partial charge in [-0.3, -0.25) is 4.79 Å². The summed E-state index contributed by atoms with van der Waals surface area (Å²) in [6.07, 6.45) is 3.19. The maximum Gasteiger partial charge on any atom is 0.254 e. The lowest BCUT2D eigenvalue weighted by atomic mass is 10.3. The fourth-order valence-electron chi connectivity index (χ4n) is 1.95. The van der Waals surface area contributed by atoms with Gasteiger partial charge >= 0.3 is 0 Å². The predicted molar refractivity (Wildman–Crippen MR) is 74.3 cm³/mol. The normalized spacial score (nSPS) is 16.7. The first-order chi connectivity index (χ1) is 9.06. The molecule has 0 aromatic carbocycles. The van der Waals surface area contributed by atoms with Crippen LogP contribution >= 0.6 is 0 Å². The van der Waals surface area contributed by atoms with E-state index in [-0.39, 0.29) is 11.9 Å². The van der Waals surface area contributed by atoms with Crippen molar-refractivity contribution in [3.8, 4) is 0 Å². The van der Waals surface area contributed by atoms with Crippen LogP contribution in [-0.4, -0.2) is 60.0 Å². The minimum absolute atomic E-state index is 0.116. The SMILES string of the molecule is CC(C)NC(=O)c1cnc(N2CCN(C)CC2)nc1. The highest BCUT2D eigenvalue weighted by Crippen LogP contribution is 2.10. The van der Waals surface area contributed by atoms with E-state index in [4.69, 9.17) is 0 Å². The summed E-state index contributed by atoms with van der Waals surface area (Å²) in [5.74, 6) is 0.578. The fourth-order valence-corrected chi connectivity index (χ4v) is 1.95. The van der Waals surface area contributed by atoms with Crippen LogP contribution in [0.5, 0.6) is 0 Å². The molecule has 2 rings (SSSR count). The molecule has 1 saturated heterocycles. The van der Waals surface area contributed by atoms with Gasteiger partial charge in [0, 0.05) is 44.6 Å². The molecule has 0 aliphatic carbocycles. The largest absolute Gasteiger partial charge is 0.350 e. The van der Waals surface area contributed by atoms with Gasteiger partial charge in [0.25, 0.3) is 5.91 Å². The second-order valence-electron chi connectivity index (χ2n) is 5.19. The molecule has 0 radical (unpaired) electrons. The summed E-state index contributed by atoms with van der Waals surface area (Å²) in [7, 11) is 2.11. The topological polar surface area (TPSA) is 61.4 Å². The monoisotopic (exact) mass is 263 g/mol. The molecule has 6 nitrogen and oxygen atoms in total. The van der Waals surface area contributed by atoms with E-state index in [1.807, 2.05) is 13.8 Å². The van der Waals surface area contributed by atoms with Gasteiger partial charge in [-0.25, -0.2) is 9.97 Å². The van der Waals surface area contributed by atoms with E-state index in [1.54, 1.807) is 12.4 Å². The summed E-state index contributed by atoms with van der Waals surface area (Å²) in [5, 5.41) is 2.82. The zero-order valence-electron chi connectivity index (χ0n) is 11.8. The fraction of sp³-hybridized carbons (Fsp3) is 0.615. The summed E-state index contributed by atoms with van der Waals surface area (Å²) in [5.41, 5.74) is 0.506. The van der Waals surface area contributed by atoms with Crippen molar-refractivity contribution in [2.75, 3.05) is 38.1 Å². The number of nitrogens with zero attached hydrogens (tertiary/aromatic N) is 4. The molecule has 1 aromatic rings. The Bertz CT molecular complexity index is 423. The van der Waals surface area contributed by atoms with Gasteiger partial charge in [0.2, 0.25) is 5.95 Å². The lowest BCUT2D eigenvalue weighted by molar-refractivity contribution is 0.0942. The summed E-state index contributed by atoms with van der Waals surface area (Å²) >= 11 is 0. The Morgan fingerprint density at radius 1 is 1.21 bits per heavy atom. The highest BCUT2D eigenvalue weighted by molar-refractivity contribution is 5.93. The molecular weight excluding hydrogens is 242 g/mol. The van der Waals surface area contributed by atoms with Gasteiger partial charge in [-0.2, -0.15) is 0 Å². The van der Waals surface area contributed by atoms with Crippen LogP contribution in [0.4, 0.5) is 5.95 Å². The molecule has 0 saturated carbocycles. The number of rotatable bonds is 3. The summed E-state index contributed by atoms with van der Waals surface area (Å²) in [4.78, 5) is 24.8. The van der Waals surface area contributed by atoms with E-state index >= 15 is 0 Å². The number of anilines is 1. The summed E-state index contributed by atoms with van der Waals surface area (Å²) in [6, 6.07) is 0.116. The lowest BCUT2D eigenvalue weighted by Crippen LogP contribution is -2.45. The number of aromatic nitrogens is 2. The average Bonchev–Trinajstić information content (AvgIpc) is 2.39. The molecule has 104 valence electrons. The third-order valence-electron chi connectivity index (χ3n) is 3.11. The van der Waals surface area contributed by atoms with Crippen LogP contribution in [-0.2, 0) is 0 Å². The van der Waals surface area contributed by atoms with Gasteiger partial charge in [0.15, 0.2) is 0 Å². The smallest absolute Gasteiger partial charge is 0.254 e. The number of likely N-dealkylation sites (N-methyl/N-ethyl adjacent to an activating group) is 1. The molecule has 1 aliphatic heterocycles. The van der Waals surface area contributed by atoms with Crippen LogP contribution < -0.4 is 10.2 Å². The van der Waals surface area contributed by atoms with E-state index in [1.165, 1.54) is 0 Å². The molecule has 1 fully saturated rings. The molecule has 1 amide bonds. The van der Waals surface area contributed by atoms with E-state index in [2.05, 4.69) is 32.1 Å². The Morgan fingerprint density at radius 3 is 2.32 bits per heavy atom. The average molecular weight is 263 g/mol. The quantitative estimate of drug-likeness (QED) is 0.853. The molecule has 0 bridgehead atoms. The molecule has 6 heteroatoms. The Hall–Kier alpha value is -1.69. The minimum atomic E-state index is -0.125. The van der Waals surface area contributed by atoms with Crippen LogP contribution in [0.15, 0.2) is 12.4 Å². The van der Waals surface area contributed by atoms with E-state index in [0.29, 0.717) is 11.5 Å². The van der Waals surface area contributed by atoms with Crippen LogP contribution in [0, 0.1) is 0 Å². The van der Waals surface area contributed by atoms with Gasteiger partial charge in [0.05, 0.1) is 5.56 Å². The van der Waals surface area contributed by atoms with Crippen LogP contribution in [0.25, 0.3) is 0 Å². The first-order valence-corrected chi connectivity index (χ1v) is 6.62. The summed E-state index contributed by atoms with van der Waals surface area (Å²) in [6.45, 7) is 7.73. The molecule has 0 spiro atoms. The van der Waals surface area contributed by atoms with Gasteiger partial charge in [-0.15, -0.1) is 0 Å². The van der Waals surface area contributed by atoms with Crippen molar-refractivity contribution in [2.45, 2.75) is 19.9 Å². The zero-order valence-corrected chi connectivity index (χ0v) is 11.8. The van der Waals surface area contributed by atoms with Gasteiger partial charge in [-0.05, 0) is 20.9 Å². The second kappa shape index (κ2) is 5.97. The number of carbonyl (C=O) groups is 1. The number of hydrogen-bond donors (Lipinski definition) is 1. The van der Waals surface area contributed by atoms with Crippen LogP contribution in [0.2, 0.25) is 0 Å². The van der Waals surface area contributed by atoms with Gasteiger partial charge < -0.3 is 15.1 Å². The molecule has 1 aromatic heterocycles. The number of carbonyl (C=O) groups excluding carboxylic acids is 1. The maximum atomic E-state index is 11.8. The number of amides is 1. The molecule has 1 N–H and O–H groups in total. The number of nitrogens with one attached hydrogen (secondary N) is 1. The first kappa shape index (κ1) is 13.7. The van der Waals surface area contributed by atoms with Crippen molar-refractivity contribution in [1.29, 1.82) is 0 Å². The van der Waals surface area contributed by atoms with Gasteiger partial charge in [-0.1, -0.05) is 0 Å². The molecule has 2 heterocycles. The molecule has 1 aliphatic rings. The maximum absolute atomic E-state index is 11.8. The number of hydrogen-bond acceptors (Lipinski definition) is 5. The third-order valence-corrected chi connectivity index (χ3v) is 3.11. The van der Waals surface area contributed by atoms with E-state index < -0.39 is 0 Å². The molecule has 19 heavy (non-hydrogen) atoms. The van der Waals surface area contributed by atoms with Crippen molar-refractivity contribution >= 4 is 11.9 Å². The van der Waals surface area contributed by atoms with Crippen molar-refractivity contribution in [1.82, 2.24) is 20.2 Å². The lowest BCUT2D eigenvalue weighted by Gasteiger charge is -2.32. The van der Waals surface area contributed by atoms with Gasteiger partial charge in [0.1, 0.15) is 0 Å². The predicted octanol–water partition coefficient (Wildman–Crippen LogP) is 0.367. The van der Waals surface area contributed by atoms with Crippen LogP contribution in [0.1, 0.15) is 24.2 Å². The first-order valence-electron chi connectivity index (χ1n) is 6.62. The third kappa shape index (κ3) is 3.64. The van der Waals surface area contributed by atoms with Crippen molar-refractivity contribution in [3.63, 3.8) is 0 Å². The van der Waals surface area contributed by atoms with Crippen molar-refractivity contribution in [2.24, 2.45) is 0 Å². The molecular formula is C13H21N5O. The molecule has 0 atom stereocenters. The number of piperazine rings is 1. The van der Waals surface area contributed by atoms with E-state index in [0.717, 1.165) is 26.2 Å². The summed E-state index contributed by atoms with van der Waals surface area (Å²) < 4.78 is 0. The Kier molecular flexibility index (Phi) is 4.31. The standard InChI is InChI=1S/C13H21N5O/c1-10(2)16-12(19)11-8-14-13(15-9-11)18-6-4-17(3)5-7-18/h8-10H,4-7H2,1-3H3,(H,16,19). The highest BCUT2D eigenvalue weighted by atomic mass is 16.1. The Labute approximate surface area is 113 Å². The van der Waals surface area contributed by atoms with Crippen molar-refractivity contribution in [3.05, 3.63) is 18.0 Å². The highest BCUT2D eigenvalue weighted by Gasteiger charge is 2.17. The van der Waals surface area contributed by atoms with Crippen LogP contribution in [0.3, 0.4) is 0 Å². The minimum Gasteiger partial charge on any atom is -0.350 e. The zero-order chi connectivity index (χ0) is 13.8.